The first-order chi connectivity index (χ1) is 4.29. The van der Waals surface area contributed by atoms with E-state index in [2.05, 4.69) is 9.71 Å². The fraction of sp³-hybridized carbons (Fsp3) is 0. The molecule has 0 radical (unpaired) electrons. The highest BCUT2D eigenvalue weighted by Gasteiger charge is 1.91. The Labute approximate surface area is 54.7 Å². The maximum Gasteiger partial charge on any atom is 0.259 e. The minimum Gasteiger partial charge on any atom is -0.366 e. The maximum absolute atomic E-state index is 10.1. The van der Waals surface area contributed by atoms with E-state index in [9.17, 15) is 4.21 Å². The van der Waals surface area contributed by atoms with Gasteiger partial charge in [-0.15, -0.1) is 0 Å². The quantitative estimate of drug-likeness (QED) is 0.534. The molecule has 0 amide bonds. The zero-order chi connectivity index (χ0) is 6.69. The number of rotatable bonds is 2. The van der Waals surface area contributed by atoms with Gasteiger partial charge >= 0.3 is 0 Å². The van der Waals surface area contributed by atoms with Gasteiger partial charge in [0.2, 0.25) is 0 Å². The van der Waals surface area contributed by atoms with E-state index in [-0.39, 0.29) is 0 Å². The van der Waals surface area contributed by atoms with Crippen molar-refractivity contribution in [3.8, 4) is 0 Å². The minimum absolute atomic E-state index is 0.607. The Morgan fingerprint density at radius 3 is 3.00 bits per heavy atom. The second-order valence-electron chi connectivity index (χ2n) is 1.45. The van der Waals surface area contributed by atoms with Gasteiger partial charge in [-0.2, -0.15) is 0 Å². The summed E-state index contributed by atoms with van der Waals surface area (Å²) in [5.74, 6) is 0. The van der Waals surface area contributed by atoms with Gasteiger partial charge in [0, 0.05) is 12.4 Å². The van der Waals surface area contributed by atoms with Crippen LogP contribution in [0.5, 0.6) is 0 Å². The molecule has 1 aromatic heterocycles. The van der Waals surface area contributed by atoms with Crippen LogP contribution in [0.25, 0.3) is 0 Å². The summed E-state index contributed by atoms with van der Waals surface area (Å²) in [6, 6.07) is 1.66. The van der Waals surface area contributed by atoms with Gasteiger partial charge in [-0.1, -0.05) is 0 Å². The lowest BCUT2D eigenvalue weighted by molar-refractivity contribution is 0.570. The second kappa shape index (κ2) is 2.65. The third-order valence-corrected chi connectivity index (χ3v) is 1.21. The number of anilines is 1. The van der Waals surface area contributed by atoms with Gasteiger partial charge in [0.05, 0.1) is 5.69 Å². The van der Waals surface area contributed by atoms with Gasteiger partial charge in [0.1, 0.15) is 0 Å². The molecule has 1 unspecified atom stereocenters. The van der Waals surface area contributed by atoms with Gasteiger partial charge in [-0.3, -0.25) is 9.27 Å². The van der Waals surface area contributed by atoms with Crippen LogP contribution >= 0.6 is 0 Å². The highest BCUT2D eigenvalue weighted by atomic mass is 32.2. The van der Waals surface area contributed by atoms with E-state index in [0.717, 1.165) is 0 Å². The number of nitrogens with one attached hydrogen (secondary N) is 2. The molecule has 0 aliphatic heterocycles. The largest absolute Gasteiger partial charge is 0.366 e. The lowest BCUT2D eigenvalue weighted by Crippen LogP contribution is -1.99. The smallest absolute Gasteiger partial charge is 0.259 e. The van der Waals surface area contributed by atoms with Crippen molar-refractivity contribution < 1.29 is 8.76 Å². The van der Waals surface area contributed by atoms with Crippen molar-refractivity contribution in [2.45, 2.75) is 0 Å². The Morgan fingerprint density at radius 2 is 2.56 bits per heavy atom. The lowest BCUT2D eigenvalue weighted by Gasteiger charge is -1.92. The molecule has 1 heterocycles. The molecule has 1 rings (SSSR count). The van der Waals surface area contributed by atoms with E-state index < -0.39 is 11.3 Å². The molecule has 4 nitrogen and oxygen atoms in total. The molecule has 0 spiro atoms. The van der Waals surface area contributed by atoms with Crippen molar-refractivity contribution in [1.82, 2.24) is 4.98 Å². The summed E-state index contributed by atoms with van der Waals surface area (Å²) in [6.07, 6.45) is 3.25. The highest BCUT2D eigenvalue weighted by Crippen LogP contribution is 2.02. The van der Waals surface area contributed by atoms with Crippen molar-refractivity contribution in [3.05, 3.63) is 18.5 Å². The van der Waals surface area contributed by atoms with E-state index in [0.29, 0.717) is 5.69 Å². The number of aromatic nitrogens is 1. The molecule has 0 aliphatic carbocycles. The summed E-state index contributed by atoms with van der Waals surface area (Å²) in [6.45, 7) is 0. The van der Waals surface area contributed by atoms with Crippen LogP contribution in [0.4, 0.5) is 5.69 Å². The van der Waals surface area contributed by atoms with Gasteiger partial charge in [0.25, 0.3) is 11.3 Å². The third kappa shape index (κ3) is 1.87. The van der Waals surface area contributed by atoms with E-state index in [1.807, 2.05) is 0 Å². The van der Waals surface area contributed by atoms with Gasteiger partial charge in [-0.05, 0) is 6.07 Å². The van der Waals surface area contributed by atoms with Crippen molar-refractivity contribution in [2.24, 2.45) is 0 Å². The van der Waals surface area contributed by atoms with Crippen LogP contribution in [0.1, 0.15) is 0 Å². The average molecular weight is 146 g/mol. The van der Waals surface area contributed by atoms with Crippen LogP contribution in [0, 0.1) is 0 Å². The lowest BCUT2D eigenvalue weighted by atomic mass is 10.6. The highest BCUT2D eigenvalue weighted by molar-refractivity contribution is 7.80. The fourth-order valence-corrected chi connectivity index (χ4v) is 0.817. The predicted molar refractivity (Wildman–Crippen MR) is 35.2 cm³/mol. The molecule has 9 heavy (non-hydrogen) atoms. The molecule has 50 valence electrons. The molecule has 0 aliphatic rings. The zero-order valence-electron chi connectivity index (χ0n) is 4.50. The van der Waals surface area contributed by atoms with Gasteiger partial charge < -0.3 is 4.98 Å². The molecule has 3 N–H and O–H groups in total. The predicted octanol–water partition coefficient (Wildman–Crippen LogP) is 0.563. The van der Waals surface area contributed by atoms with Crippen LogP contribution in [0.15, 0.2) is 18.5 Å². The molecule has 0 saturated carbocycles. The van der Waals surface area contributed by atoms with E-state index in [4.69, 9.17) is 4.55 Å². The first kappa shape index (κ1) is 6.31. The molecular weight excluding hydrogens is 140 g/mol. The Kier molecular flexibility index (Phi) is 1.86. The van der Waals surface area contributed by atoms with Gasteiger partial charge in [-0.25, -0.2) is 4.21 Å². The molecule has 1 atom stereocenters. The number of aromatic amines is 1. The van der Waals surface area contributed by atoms with Crippen molar-refractivity contribution >= 4 is 17.0 Å². The number of hydrogen-bond donors (Lipinski definition) is 3. The molecule has 0 bridgehead atoms. The Bertz CT molecular complexity index is 196. The Hall–Kier alpha value is -0.810. The van der Waals surface area contributed by atoms with Crippen LogP contribution in [-0.2, 0) is 11.3 Å². The summed E-state index contributed by atoms with van der Waals surface area (Å²) in [5, 5.41) is 0. The molecule has 0 fully saturated rings. The summed E-state index contributed by atoms with van der Waals surface area (Å²) in [4.78, 5) is 2.73. The summed E-state index contributed by atoms with van der Waals surface area (Å²) >= 11 is -1.96. The van der Waals surface area contributed by atoms with Gasteiger partial charge in [0.15, 0.2) is 0 Å². The van der Waals surface area contributed by atoms with Crippen molar-refractivity contribution in [2.75, 3.05) is 4.72 Å². The minimum atomic E-state index is -1.96. The molecule has 0 aromatic carbocycles. The van der Waals surface area contributed by atoms with Crippen LogP contribution in [-0.4, -0.2) is 13.7 Å². The monoisotopic (exact) mass is 146 g/mol. The van der Waals surface area contributed by atoms with Crippen LogP contribution in [0.3, 0.4) is 0 Å². The first-order valence-corrected chi connectivity index (χ1v) is 3.40. The van der Waals surface area contributed by atoms with Crippen molar-refractivity contribution in [3.63, 3.8) is 0 Å². The standard InChI is InChI=1S/C4H6N2O2S/c7-9(8)6-4-1-2-5-3-4/h1-3,5-6H,(H,7,8). The van der Waals surface area contributed by atoms with Crippen LogP contribution < -0.4 is 4.72 Å². The van der Waals surface area contributed by atoms with E-state index in [1.165, 1.54) is 0 Å². The number of hydrogen-bond acceptors (Lipinski definition) is 1. The SMILES string of the molecule is O=S(O)Nc1cc[nH]c1. The Morgan fingerprint density at radius 1 is 1.78 bits per heavy atom. The molecule has 5 heteroatoms. The topological polar surface area (TPSA) is 65.1 Å². The molecule has 0 saturated heterocycles. The fourth-order valence-electron chi connectivity index (χ4n) is 0.488. The van der Waals surface area contributed by atoms with Crippen LogP contribution in [0.2, 0.25) is 0 Å². The average Bonchev–Trinajstić information content (AvgIpc) is 2.15. The van der Waals surface area contributed by atoms with E-state index >= 15 is 0 Å². The molecule has 1 aromatic rings. The Balaban J connectivity index is 2.58. The third-order valence-electron chi connectivity index (χ3n) is 0.803. The van der Waals surface area contributed by atoms with Crippen molar-refractivity contribution in [1.29, 1.82) is 0 Å². The maximum atomic E-state index is 10.1. The summed E-state index contributed by atoms with van der Waals surface area (Å²) < 4.78 is 20.6. The summed E-state index contributed by atoms with van der Waals surface area (Å²) in [7, 11) is 0. The molecular formula is C4H6N2O2S. The number of H-pyrrole nitrogens is 1. The summed E-state index contributed by atoms with van der Waals surface area (Å²) in [5.41, 5.74) is 0.607. The second-order valence-corrected chi connectivity index (χ2v) is 2.15. The first-order valence-electron chi connectivity index (χ1n) is 2.29. The zero-order valence-corrected chi connectivity index (χ0v) is 5.31. The normalized spacial score (nSPS) is 13.0. The van der Waals surface area contributed by atoms with E-state index in [1.54, 1.807) is 18.5 Å².